The van der Waals surface area contributed by atoms with Crippen LogP contribution in [0.2, 0.25) is 5.02 Å². The average Bonchev–Trinajstić information content (AvgIpc) is 3.57. The van der Waals surface area contributed by atoms with E-state index in [2.05, 4.69) is 48.5 Å². The van der Waals surface area contributed by atoms with Crippen molar-refractivity contribution in [2.75, 3.05) is 6.54 Å². The van der Waals surface area contributed by atoms with E-state index in [1.165, 1.54) is 0 Å². The summed E-state index contributed by atoms with van der Waals surface area (Å²) in [6.45, 7) is 38.7. The van der Waals surface area contributed by atoms with E-state index in [4.69, 9.17) is 41.0 Å². The minimum atomic E-state index is -1.26. The summed E-state index contributed by atoms with van der Waals surface area (Å²) in [5.74, 6) is -2.18. The van der Waals surface area contributed by atoms with E-state index in [0.717, 1.165) is 36.0 Å². The van der Waals surface area contributed by atoms with Crippen molar-refractivity contribution in [1.82, 2.24) is 4.90 Å². The Bertz CT molecular complexity index is 2490. The van der Waals surface area contributed by atoms with E-state index >= 15 is 4.79 Å². The molecule has 0 aromatic heterocycles. The molecular formula is C63H97ClN2O11. The van der Waals surface area contributed by atoms with Gasteiger partial charge in [-0.3, -0.25) is 24.0 Å². The summed E-state index contributed by atoms with van der Waals surface area (Å²) in [6.07, 6.45) is 3.28. The molecule has 0 aliphatic heterocycles. The zero-order valence-corrected chi connectivity index (χ0v) is 51.5. The third-order valence-corrected chi connectivity index (χ3v) is 19.7. The van der Waals surface area contributed by atoms with Crippen LogP contribution in [0, 0.1) is 55.7 Å². The zero-order chi connectivity index (χ0) is 58.3. The molecule has 1 aromatic carbocycles. The molecule has 77 heavy (non-hydrogen) atoms. The fourth-order valence-corrected chi connectivity index (χ4v) is 15.4. The highest BCUT2D eigenvalue weighted by atomic mass is 35.5. The molecular weight excluding hydrogens is 996 g/mol. The molecule has 0 saturated heterocycles. The van der Waals surface area contributed by atoms with Crippen molar-refractivity contribution in [1.29, 1.82) is 0 Å². The standard InChI is InChI=1S/C63H97ClN2O11/c1-38(2)48-42(67)33-62(45(74-47(69)35-57(14,15)51(71)76-54(6,7)8)37-66(52(72)77-55(9,10)11)36-39-21-23-40(64)24-22-39)32-31-59(18)41(49(48)62)25-30-63(65)60(19)28-27-44(58(16,17)43(60)26-29-61(59,63)20)73-46(68)34-56(12,13)50(70)75-53(3,4)5/h21-24,38,41,43-45H,25-37,65H2,1-20H3. The monoisotopic (exact) mass is 1090 g/mol. The highest BCUT2D eigenvalue weighted by Crippen LogP contribution is 2.78. The number of amides is 1. The Balaban J connectivity index is 1.40. The van der Waals surface area contributed by atoms with Crippen LogP contribution in [0.25, 0.3) is 0 Å². The van der Waals surface area contributed by atoms with E-state index in [-0.39, 0.29) is 67.4 Å². The van der Waals surface area contributed by atoms with Crippen molar-refractivity contribution < 1.29 is 52.5 Å². The molecule has 9 unspecified atom stereocenters. The van der Waals surface area contributed by atoms with Crippen LogP contribution in [0.1, 0.15) is 215 Å². The Morgan fingerprint density at radius 3 is 1.74 bits per heavy atom. The Hall–Kier alpha value is -3.97. The maximum atomic E-state index is 15.1. The first-order chi connectivity index (χ1) is 34.9. The van der Waals surface area contributed by atoms with Crippen molar-refractivity contribution >= 4 is 47.4 Å². The highest BCUT2D eigenvalue weighted by molar-refractivity contribution is 6.30. The molecule has 1 aromatic rings. The number of Topliss-reactive ketones (excluding diaryl/α,β-unsaturated/α-hetero) is 1. The van der Waals surface area contributed by atoms with Crippen molar-refractivity contribution in [3.63, 3.8) is 0 Å². The first-order valence-corrected chi connectivity index (χ1v) is 28.9. The molecule has 0 heterocycles. The van der Waals surface area contributed by atoms with E-state index in [9.17, 15) is 24.0 Å². The van der Waals surface area contributed by atoms with Gasteiger partial charge in [0.1, 0.15) is 29.0 Å². The minimum Gasteiger partial charge on any atom is -0.462 e. The first-order valence-electron chi connectivity index (χ1n) is 28.5. The number of rotatable bonds is 14. The van der Waals surface area contributed by atoms with E-state index in [1.54, 1.807) is 65.5 Å². The van der Waals surface area contributed by atoms with Gasteiger partial charge >= 0.3 is 30.0 Å². The molecule has 0 radical (unpaired) electrons. The number of esters is 4. The number of fused-ring (bicyclic) bond motifs is 7. The molecule has 2 N–H and O–H groups in total. The largest absolute Gasteiger partial charge is 0.462 e. The van der Waals surface area contributed by atoms with Gasteiger partial charge in [0.05, 0.1) is 30.2 Å². The van der Waals surface area contributed by atoms with Crippen LogP contribution in [0.5, 0.6) is 0 Å². The zero-order valence-electron chi connectivity index (χ0n) is 50.8. The second-order valence-corrected chi connectivity index (χ2v) is 30.4. The van der Waals surface area contributed by atoms with Crippen molar-refractivity contribution in [2.45, 2.75) is 250 Å². The molecule has 1 amide bonds. The third kappa shape index (κ3) is 11.9. The van der Waals surface area contributed by atoms with Crippen LogP contribution >= 0.6 is 11.6 Å². The summed E-state index contributed by atoms with van der Waals surface area (Å²) in [7, 11) is 0. The Morgan fingerprint density at radius 1 is 0.688 bits per heavy atom. The number of nitrogens with two attached hydrogens (primary N) is 1. The van der Waals surface area contributed by atoms with Gasteiger partial charge in [-0.05, 0) is 204 Å². The topological polar surface area (TPSA) is 178 Å². The van der Waals surface area contributed by atoms with Crippen LogP contribution in [0.15, 0.2) is 35.4 Å². The smallest absolute Gasteiger partial charge is 0.410 e. The SMILES string of the molecule is CC(C)C1=C2C3CCC4(N)C5(C)CCC(OC(=O)CC(C)(C)C(=O)OC(C)(C)C)C(C)(C)C5CCC4(C)C3(C)CCC2(C(CN(Cc2ccc(Cl)cc2)C(=O)OC(C)(C)C)OC(=O)CC(C)(C)C(=O)OC(C)(C)C)CC1=O. The van der Waals surface area contributed by atoms with Gasteiger partial charge in [0, 0.05) is 34.4 Å². The fraction of sp³-hybridized carbons (Fsp3) is 0.778. The summed E-state index contributed by atoms with van der Waals surface area (Å²) in [4.78, 5) is 86.6. The predicted molar refractivity (Wildman–Crippen MR) is 299 cm³/mol. The average molecular weight is 1090 g/mol. The Kier molecular flexibility index (Phi) is 16.8. The maximum Gasteiger partial charge on any atom is 0.410 e. The molecule has 14 heteroatoms. The number of hydrogen-bond acceptors (Lipinski definition) is 12. The van der Waals surface area contributed by atoms with Crippen molar-refractivity contribution in [2.24, 2.45) is 61.4 Å². The Labute approximate surface area is 466 Å². The predicted octanol–water partition coefficient (Wildman–Crippen LogP) is 13.5. The fourth-order valence-electron chi connectivity index (χ4n) is 15.3. The van der Waals surface area contributed by atoms with Gasteiger partial charge in [0.25, 0.3) is 0 Å². The third-order valence-electron chi connectivity index (χ3n) is 19.4. The van der Waals surface area contributed by atoms with Gasteiger partial charge < -0.3 is 34.3 Å². The lowest BCUT2D eigenvalue weighted by Gasteiger charge is -2.76. The minimum absolute atomic E-state index is 0.0189. The van der Waals surface area contributed by atoms with Crippen LogP contribution in [0.4, 0.5) is 4.79 Å². The number of nitrogens with zero attached hydrogens (tertiary/aromatic N) is 1. The quantitative estimate of drug-likeness (QED) is 0.138. The number of carbonyl (C=O) groups is 6. The van der Waals surface area contributed by atoms with Gasteiger partial charge in [0.15, 0.2) is 5.78 Å². The van der Waals surface area contributed by atoms with E-state index in [0.29, 0.717) is 37.1 Å². The summed E-state index contributed by atoms with van der Waals surface area (Å²) < 4.78 is 30.8. The number of allylic oxidation sites excluding steroid dienone is 1. The molecule has 13 nitrogen and oxygen atoms in total. The van der Waals surface area contributed by atoms with Gasteiger partial charge in [0.2, 0.25) is 0 Å². The lowest BCUT2D eigenvalue weighted by Crippen LogP contribution is -2.78. The molecule has 6 rings (SSSR count). The number of benzene rings is 1. The first kappa shape index (κ1) is 62.2. The van der Waals surface area contributed by atoms with Crippen LogP contribution < -0.4 is 5.73 Å². The number of ketones is 1. The van der Waals surface area contributed by atoms with Crippen LogP contribution in [-0.4, -0.2) is 81.7 Å². The lowest BCUT2D eigenvalue weighted by molar-refractivity contribution is -0.246. The molecule has 0 bridgehead atoms. The second kappa shape index (κ2) is 20.8. The summed E-state index contributed by atoms with van der Waals surface area (Å²) >= 11 is 6.34. The summed E-state index contributed by atoms with van der Waals surface area (Å²) in [5, 5.41) is 0.543. The molecule has 5 aliphatic carbocycles. The molecule has 9 atom stereocenters. The van der Waals surface area contributed by atoms with Crippen LogP contribution in [0.3, 0.4) is 0 Å². The maximum absolute atomic E-state index is 15.1. The van der Waals surface area contributed by atoms with Gasteiger partial charge in [-0.15, -0.1) is 0 Å². The lowest BCUT2D eigenvalue weighted by atomic mass is 9.30. The molecule has 4 saturated carbocycles. The van der Waals surface area contributed by atoms with E-state index in [1.807, 2.05) is 53.7 Å². The molecule has 4 fully saturated rings. The molecule has 0 spiro atoms. The number of hydrogen-bond donors (Lipinski definition) is 1. The Morgan fingerprint density at radius 2 is 1.22 bits per heavy atom. The van der Waals surface area contributed by atoms with Gasteiger partial charge in [-0.1, -0.05) is 72.2 Å². The van der Waals surface area contributed by atoms with Crippen LogP contribution in [-0.2, 0) is 54.2 Å². The van der Waals surface area contributed by atoms with E-state index < -0.39 is 90.9 Å². The molecule has 432 valence electrons. The van der Waals surface area contributed by atoms with Crippen molar-refractivity contribution in [3.8, 4) is 0 Å². The number of carbonyl (C=O) groups excluding carboxylic acids is 6. The summed E-state index contributed by atoms with van der Waals surface area (Å²) in [5.41, 5.74) is 2.86. The highest BCUT2D eigenvalue weighted by Gasteiger charge is 2.76. The number of halogens is 1. The molecule has 5 aliphatic rings. The van der Waals surface area contributed by atoms with Gasteiger partial charge in [-0.2, -0.15) is 0 Å². The van der Waals surface area contributed by atoms with Crippen molar-refractivity contribution in [3.05, 3.63) is 46.0 Å². The number of ether oxygens (including phenoxy) is 5. The normalized spacial score (nSPS) is 30.7. The van der Waals surface area contributed by atoms with Gasteiger partial charge in [-0.25, -0.2) is 4.79 Å². The summed E-state index contributed by atoms with van der Waals surface area (Å²) in [6, 6.07) is 7.23. The second-order valence-electron chi connectivity index (χ2n) is 30.0.